The number of carboxylic acids is 1. The van der Waals surface area contributed by atoms with E-state index in [1.54, 1.807) is 19.1 Å². The van der Waals surface area contributed by atoms with E-state index in [4.69, 9.17) is 14.9 Å². The van der Waals surface area contributed by atoms with Crippen molar-refractivity contribution < 1.29 is 28.6 Å². The first kappa shape index (κ1) is 23.7. The van der Waals surface area contributed by atoms with Gasteiger partial charge in [-0.25, -0.2) is 14.4 Å². The summed E-state index contributed by atoms with van der Waals surface area (Å²) in [6.45, 7) is 3.53. The smallest absolute Gasteiger partial charge is 0.336 e. The van der Waals surface area contributed by atoms with E-state index >= 15 is 0 Å². The molecule has 2 rings (SSSR count). The van der Waals surface area contributed by atoms with Crippen LogP contribution in [0.15, 0.2) is 27.4 Å². The zero-order chi connectivity index (χ0) is 23.0. The summed E-state index contributed by atoms with van der Waals surface area (Å²) in [4.78, 5) is 46.0. The molecule has 0 aliphatic rings. The van der Waals surface area contributed by atoms with Gasteiger partial charge in [0, 0.05) is 23.6 Å². The predicted molar refractivity (Wildman–Crippen MR) is 113 cm³/mol. The highest BCUT2D eigenvalue weighted by Gasteiger charge is 2.20. The second kappa shape index (κ2) is 11.0. The van der Waals surface area contributed by atoms with Crippen LogP contribution in [-0.4, -0.2) is 42.2 Å². The third kappa shape index (κ3) is 6.73. The number of carbonyl (C=O) groups excluding carboxylic acids is 2. The second-order valence-electron chi connectivity index (χ2n) is 7.09. The first-order chi connectivity index (χ1) is 14.7. The van der Waals surface area contributed by atoms with Gasteiger partial charge >= 0.3 is 17.6 Å². The van der Waals surface area contributed by atoms with Crippen molar-refractivity contribution >= 4 is 28.9 Å². The van der Waals surface area contributed by atoms with Crippen LogP contribution < -0.4 is 26.7 Å². The van der Waals surface area contributed by atoms with Crippen molar-refractivity contribution in [2.45, 2.75) is 45.6 Å². The van der Waals surface area contributed by atoms with Crippen LogP contribution in [0.2, 0.25) is 0 Å². The molecule has 0 saturated heterocycles. The van der Waals surface area contributed by atoms with Crippen molar-refractivity contribution in [2.24, 2.45) is 5.73 Å². The zero-order valence-electron chi connectivity index (χ0n) is 17.5. The Morgan fingerprint density at radius 1 is 1.29 bits per heavy atom. The lowest BCUT2D eigenvalue weighted by Crippen LogP contribution is -2.43. The summed E-state index contributed by atoms with van der Waals surface area (Å²) in [6, 6.07) is 3.11. The Labute approximate surface area is 178 Å². The molecule has 168 valence electrons. The summed E-state index contributed by atoms with van der Waals surface area (Å²) in [5.74, 6) is -1.45. The number of primary amides is 1. The van der Waals surface area contributed by atoms with Gasteiger partial charge < -0.3 is 30.6 Å². The molecule has 0 radical (unpaired) electrons. The third-order valence-electron chi connectivity index (χ3n) is 4.68. The standard InChI is InChI=1S/C21H27N3O7/c1-3-5-13-10-18(26)31-19-12(2)16(8-7-14(13)19)30-11-17(25)24-15(20(27)28)6-4-9-23-21(22)29/h7-8,10,15H,3-6,9,11H2,1-2H3,(H,24,25)(H,27,28)(H3,22,23,29)/t15-/m1/s1. The normalized spacial score (nSPS) is 11.7. The number of aryl methyl sites for hydroxylation is 2. The van der Waals surface area contributed by atoms with Crippen LogP contribution in [-0.2, 0) is 16.0 Å². The fourth-order valence-electron chi connectivity index (χ4n) is 3.20. The van der Waals surface area contributed by atoms with E-state index in [0.717, 1.165) is 23.8 Å². The molecule has 0 aliphatic heterocycles. The van der Waals surface area contributed by atoms with Gasteiger partial charge in [0.05, 0.1) is 0 Å². The number of urea groups is 1. The van der Waals surface area contributed by atoms with E-state index in [0.29, 0.717) is 23.3 Å². The number of fused-ring (bicyclic) bond motifs is 1. The van der Waals surface area contributed by atoms with E-state index in [9.17, 15) is 24.3 Å². The summed E-state index contributed by atoms with van der Waals surface area (Å²) in [6.07, 6.45) is 2.04. The fraction of sp³-hybridized carbons (Fsp3) is 0.429. The van der Waals surface area contributed by atoms with Gasteiger partial charge in [0.15, 0.2) is 6.61 Å². The summed E-state index contributed by atoms with van der Waals surface area (Å²) >= 11 is 0. The Morgan fingerprint density at radius 2 is 2.03 bits per heavy atom. The van der Waals surface area contributed by atoms with Crippen molar-refractivity contribution in [2.75, 3.05) is 13.2 Å². The number of aliphatic carboxylic acids is 1. The minimum atomic E-state index is -1.19. The number of ether oxygens (including phenoxy) is 1. The summed E-state index contributed by atoms with van der Waals surface area (Å²) in [5, 5.41) is 14.8. The fourth-order valence-corrected chi connectivity index (χ4v) is 3.20. The van der Waals surface area contributed by atoms with Crippen LogP contribution >= 0.6 is 0 Å². The van der Waals surface area contributed by atoms with Gasteiger partial charge in [-0.2, -0.15) is 0 Å². The van der Waals surface area contributed by atoms with Crippen LogP contribution in [0.4, 0.5) is 4.79 Å². The van der Waals surface area contributed by atoms with Crippen LogP contribution in [0.1, 0.15) is 37.3 Å². The number of benzene rings is 1. The van der Waals surface area contributed by atoms with E-state index in [1.807, 2.05) is 6.92 Å². The summed E-state index contributed by atoms with van der Waals surface area (Å²) in [5.41, 5.74) is 6.36. The second-order valence-corrected chi connectivity index (χ2v) is 7.09. The van der Waals surface area contributed by atoms with Crippen molar-refractivity contribution in [3.05, 3.63) is 39.7 Å². The number of amides is 3. The highest BCUT2D eigenvalue weighted by molar-refractivity contribution is 5.86. The molecule has 0 bridgehead atoms. The lowest BCUT2D eigenvalue weighted by atomic mass is 10.0. The molecule has 1 heterocycles. The number of carboxylic acid groups (broad SMARTS) is 1. The maximum absolute atomic E-state index is 12.2. The summed E-state index contributed by atoms with van der Waals surface area (Å²) in [7, 11) is 0. The number of hydrogen-bond donors (Lipinski definition) is 4. The number of nitrogens with one attached hydrogen (secondary N) is 2. The van der Waals surface area contributed by atoms with Gasteiger partial charge in [0.2, 0.25) is 0 Å². The van der Waals surface area contributed by atoms with Crippen molar-refractivity contribution in [1.82, 2.24) is 10.6 Å². The van der Waals surface area contributed by atoms with Crippen LogP contribution in [0.5, 0.6) is 5.75 Å². The number of nitrogens with two attached hydrogens (primary N) is 1. The molecule has 2 aromatic rings. The monoisotopic (exact) mass is 433 g/mol. The number of rotatable bonds is 11. The van der Waals surface area contributed by atoms with E-state index in [2.05, 4.69) is 10.6 Å². The predicted octanol–water partition coefficient (Wildman–Crippen LogP) is 1.45. The molecular weight excluding hydrogens is 406 g/mol. The van der Waals surface area contributed by atoms with Crippen molar-refractivity contribution in [1.29, 1.82) is 0 Å². The third-order valence-corrected chi connectivity index (χ3v) is 4.68. The van der Waals surface area contributed by atoms with Gasteiger partial charge in [-0.3, -0.25) is 4.79 Å². The highest BCUT2D eigenvalue weighted by Crippen LogP contribution is 2.28. The van der Waals surface area contributed by atoms with Gasteiger partial charge in [-0.05, 0) is 43.9 Å². The van der Waals surface area contributed by atoms with Crippen molar-refractivity contribution in [3.63, 3.8) is 0 Å². The molecule has 1 aromatic heterocycles. The highest BCUT2D eigenvalue weighted by atomic mass is 16.5. The minimum absolute atomic E-state index is 0.113. The van der Waals surface area contributed by atoms with Crippen LogP contribution in [0.25, 0.3) is 11.0 Å². The first-order valence-corrected chi connectivity index (χ1v) is 9.97. The lowest BCUT2D eigenvalue weighted by Gasteiger charge is -2.16. The van der Waals surface area contributed by atoms with Gasteiger partial charge in [-0.15, -0.1) is 0 Å². The van der Waals surface area contributed by atoms with E-state index in [1.165, 1.54) is 6.07 Å². The molecule has 5 N–H and O–H groups in total. The Morgan fingerprint density at radius 3 is 2.68 bits per heavy atom. The molecule has 0 fully saturated rings. The van der Waals surface area contributed by atoms with Gasteiger partial charge in [0.25, 0.3) is 5.91 Å². The molecule has 0 spiro atoms. The Kier molecular flexibility index (Phi) is 8.42. The van der Waals surface area contributed by atoms with Gasteiger partial charge in [-0.1, -0.05) is 13.3 Å². The Hall–Kier alpha value is -3.56. The van der Waals surface area contributed by atoms with Gasteiger partial charge in [0.1, 0.15) is 17.4 Å². The average Bonchev–Trinajstić information content (AvgIpc) is 2.70. The maximum Gasteiger partial charge on any atom is 0.336 e. The van der Waals surface area contributed by atoms with Crippen molar-refractivity contribution in [3.8, 4) is 5.75 Å². The van der Waals surface area contributed by atoms with Crippen LogP contribution in [0, 0.1) is 6.92 Å². The molecule has 10 nitrogen and oxygen atoms in total. The quantitative estimate of drug-likeness (QED) is 0.308. The van der Waals surface area contributed by atoms with E-state index < -0.39 is 36.2 Å². The molecule has 0 aliphatic carbocycles. The largest absolute Gasteiger partial charge is 0.483 e. The first-order valence-electron chi connectivity index (χ1n) is 9.97. The molecule has 1 aromatic carbocycles. The SMILES string of the molecule is CCCc1cc(=O)oc2c(C)c(OCC(=O)N[C@H](CCCNC(N)=O)C(=O)O)ccc12. The lowest BCUT2D eigenvalue weighted by molar-refractivity contribution is -0.142. The molecule has 0 unspecified atom stereocenters. The Bertz CT molecular complexity index is 1020. The number of hydrogen-bond acceptors (Lipinski definition) is 6. The maximum atomic E-state index is 12.2. The molecule has 1 atom stereocenters. The Balaban J connectivity index is 2.03. The molecule has 31 heavy (non-hydrogen) atoms. The van der Waals surface area contributed by atoms with Crippen LogP contribution in [0.3, 0.4) is 0 Å². The topological polar surface area (TPSA) is 161 Å². The molecule has 3 amide bonds. The van der Waals surface area contributed by atoms with E-state index in [-0.39, 0.29) is 13.0 Å². The molecule has 10 heteroatoms. The summed E-state index contributed by atoms with van der Waals surface area (Å²) < 4.78 is 10.9. The number of carbonyl (C=O) groups is 3. The molecular formula is C21H27N3O7. The average molecular weight is 433 g/mol. The minimum Gasteiger partial charge on any atom is -0.483 e. The zero-order valence-corrected chi connectivity index (χ0v) is 17.5. The molecule has 0 saturated carbocycles.